The van der Waals surface area contributed by atoms with Crippen LogP contribution < -0.4 is 18.9 Å². The number of pyridine rings is 3. The number of aliphatic hydroxyl groups is 2. The van der Waals surface area contributed by atoms with Crippen molar-refractivity contribution >= 4 is 72.7 Å². The molecular weight excluding hydrogens is 784 g/mol. The predicted octanol–water partition coefficient (Wildman–Crippen LogP) is 6.98. The van der Waals surface area contributed by atoms with Crippen LogP contribution >= 0.6 is 50.7 Å². The Kier molecular flexibility index (Phi) is 27.2. The number of rotatable bonds is 3. The van der Waals surface area contributed by atoms with Gasteiger partial charge in [0.1, 0.15) is 20.8 Å². The van der Waals surface area contributed by atoms with Gasteiger partial charge in [0, 0.05) is 25.5 Å². The Labute approximate surface area is 338 Å². The first-order chi connectivity index (χ1) is 22.4. The predicted molar refractivity (Wildman–Crippen MR) is 217 cm³/mol. The van der Waals surface area contributed by atoms with Crippen molar-refractivity contribution in [1.82, 2.24) is 15.0 Å². The summed E-state index contributed by atoms with van der Waals surface area (Å²) in [7, 11) is -2.79. The van der Waals surface area contributed by atoms with E-state index in [1.54, 1.807) is 49.5 Å². The summed E-state index contributed by atoms with van der Waals surface area (Å²) in [5.74, 6) is 7.65. The molecule has 0 aliphatic carbocycles. The van der Waals surface area contributed by atoms with Crippen LogP contribution in [0.1, 0.15) is 52.4 Å². The minimum absolute atomic E-state index is 0. The van der Waals surface area contributed by atoms with Crippen molar-refractivity contribution in [1.29, 1.82) is 0 Å². The van der Waals surface area contributed by atoms with Gasteiger partial charge in [0.25, 0.3) is 0 Å². The van der Waals surface area contributed by atoms with Crippen LogP contribution in [0.4, 0.5) is 0 Å². The van der Waals surface area contributed by atoms with Gasteiger partial charge in [-0.2, -0.15) is 13.3 Å². The summed E-state index contributed by atoms with van der Waals surface area (Å²) < 4.78 is 0.807. The fourth-order valence-corrected chi connectivity index (χ4v) is 4.15. The number of ketones is 1. The molecule has 3 heterocycles. The number of carbonyl (C=O) groups is 1. The van der Waals surface area contributed by atoms with E-state index in [1.165, 1.54) is 32.7 Å². The normalized spacial score (nSPS) is 12.2. The molecule has 2 N–H and O–H groups in total. The molecule has 2 atom stereocenters. The van der Waals surface area contributed by atoms with E-state index in [9.17, 15) is 15.0 Å². The van der Waals surface area contributed by atoms with Gasteiger partial charge < -0.3 is 16.6 Å². The van der Waals surface area contributed by atoms with Crippen LogP contribution in [0.3, 0.4) is 0 Å². The average Bonchev–Trinajstić information content (AvgIpc) is 3.01. The minimum Gasteiger partial charge on any atom is -0.372 e. The summed E-state index contributed by atoms with van der Waals surface area (Å²) in [4.78, 5) is 22.2. The number of hydrogen-bond donors (Lipinski definition) is 2. The average molecular weight is 832 g/mol. The topological polar surface area (TPSA) is 96.2 Å². The SMILES string of the molecule is C#CC(C)(O)c1ccc(Cl)cn1.CC(=O)C#C[Si](C)(C)C.CC(O)(C#C[Si](C)(C)C)c1ccc(Cl)cn1.C[CH-]CC.Clc1ccc(Br)nc1.[Li+]. The first kappa shape index (κ1) is 52.5. The molecule has 0 radical (unpaired) electrons. The van der Waals surface area contributed by atoms with Gasteiger partial charge >= 0.3 is 18.9 Å². The summed E-state index contributed by atoms with van der Waals surface area (Å²) >= 11 is 20.1. The van der Waals surface area contributed by atoms with E-state index in [4.69, 9.17) is 41.2 Å². The monoisotopic (exact) mass is 829 g/mol. The van der Waals surface area contributed by atoms with Crippen LogP contribution in [-0.4, -0.2) is 47.1 Å². The second-order valence-electron chi connectivity index (χ2n) is 12.7. The molecule has 13 heteroatoms. The molecule has 0 bridgehead atoms. The van der Waals surface area contributed by atoms with Crippen molar-refractivity contribution in [2.75, 3.05) is 0 Å². The first-order valence-corrected chi connectivity index (χ1v) is 24.1. The van der Waals surface area contributed by atoms with Gasteiger partial charge in [-0.15, -0.1) is 17.5 Å². The summed E-state index contributed by atoms with van der Waals surface area (Å²) in [5, 5.41) is 21.5. The molecule has 2 unspecified atom stereocenters. The van der Waals surface area contributed by atoms with E-state index in [1.807, 2.05) is 0 Å². The molecule has 0 amide bonds. The quantitative estimate of drug-likeness (QED) is 0.128. The third kappa shape index (κ3) is 28.8. The molecule has 3 aromatic rings. The van der Waals surface area contributed by atoms with Crippen LogP contribution in [-0.2, 0) is 16.0 Å². The van der Waals surface area contributed by atoms with Crippen molar-refractivity contribution in [3.8, 4) is 35.3 Å². The Bertz CT molecular complexity index is 1560. The van der Waals surface area contributed by atoms with Crippen LogP contribution in [0.25, 0.3) is 0 Å². The van der Waals surface area contributed by atoms with Crippen molar-refractivity contribution in [2.24, 2.45) is 0 Å². The van der Waals surface area contributed by atoms with Gasteiger partial charge in [-0.3, -0.25) is 14.8 Å². The Balaban J connectivity index is -0.000000581. The third-order valence-electron chi connectivity index (χ3n) is 5.13. The van der Waals surface area contributed by atoms with E-state index in [-0.39, 0.29) is 24.6 Å². The van der Waals surface area contributed by atoms with Crippen LogP contribution in [0.5, 0.6) is 0 Å². The van der Waals surface area contributed by atoms with Crippen LogP contribution in [0.15, 0.2) is 59.6 Å². The fraction of sp³-hybridized carbons (Fsp3) is 0.378. The van der Waals surface area contributed by atoms with Crippen LogP contribution in [0.2, 0.25) is 54.3 Å². The van der Waals surface area contributed by atoms with Crippen molar-refractivity contribution in [3.05, 3.63) is 92.5 Å². The summed E-state index contributed by atoms with van der Waals surface area (Å²) in [6.45, 7) is 21.6. The van der Waals surface area contributed by atoms with E-state index >= 15 is 0 Å². The largest absolute Gasteiger partial charge is 1.00 e. The van der Waals surface area contributed by atoms with E-state index in [0.29, 0.717) is 26.5 Å². The van der Waals surface area contributed by atoms with Gasteiger partial charge in [0.05, 0.1) is 26.5 Å². The molecular formula is C37H48BrCl3LiN3O3Si2. The van der Waals surface area contributed by atoms with Gasteiger partial charge in [-0.05, 0) is 72.1 Å². The maximum absolute atomic E-state index is 10.3. The zero-order valence-electron chi connectivity index (χ0n) is 31.2. The molecule has 6 nitrogen and oxygen atoms in total. The van der Waals surface area contributed by atoms with Crippen molar-refractivity contribution in [3.63, 3.8) is 0 Å². The number of terminal acetylenes is 1. The molecule has 0 aliphatic rings. The van der Waals surface area contributed by atoms with Crippen LogP contribution in [0, 0.1) is 41.7 Å². The van der Waals surface area contributed by atoms with Gasteiger partial charge in [-0.1, -0.05) is 92.8 Å². The minimum atomic E-state index is -1.49. The molecule has 3 aromatic heterocycles. The van der Waals surface area contributed by atoms with Gasteiger partial charge in [0.2, 0.25) is 5.78 Å². The number of carbonyl (C=O) groups excluding carboxylic acids is 1. The molecule has 0 fully saturated rings. The number of unbranched alkanes of at least 4 members (excludes halogenated alkanes) is 1. The zero-order chi connectivity index (χ0) is 38.5. The molecule has 3 rings (SSSR count). The van der Waals surface area contributed by atoms with E-state index in [2.05, 4.69) is 119 Å². The number of hydrogen-bond acceptors (Lipinski definition) is 6. The van der Waals surface area contributed by atoms with Crippen molar-refractivity contribution in [2.45, 2.75) is 91.5 Å². The number of nitrogens with zero attached hydrogens (tertiary/aromatic N) is 3. The standard InChI is InChI=1S/C12H16ClNOSi.C9H8ClNO.C7H12OSi.C5H3BrClN.C4H9.Li/c1-12(15,7-8-16(2,3)4)11-6-5-10(13)9-14-11;1-3-9(2,12)8-5-4-7(10)6-11-8;1-7(8)5-6-9(2,3)4;6-5-2-1-4(7)3-8-5;1-3-4-2;/h5-6,9,15H,1-4H3;1,4-6,12H,2H3;1-4H3;1-3H;3H,4H2,1-2H3;/q;;;;-1;+1. The maximum Gasteiger partial charge on any atom is 1.00 e. The molecule has 0 aromatic carbocycles. The molecule has 266 valence electrons. The molecule has 50 heavy (non-hydrogen) atoms. The summed E-state index contributed by atoms with van der Waals surface area (Å²) in [6, 6.07) is 10.2. The second kappa shape index (κ2) is 26.0. The molecule has 0 spiro atoms. The second-order valence-corrected chi connectivity index (χ2v) is 24.3. The smallest absolute Gasteiger partial charge is 0.372 e. The summed E-state index contributed by atoms with van der Waals surface area (Å²) in [5.41, 5.74) is 4.54. The number of halogens is 4. The van der Waals surface area contributed by atoms with E-state index < -0.39 is 27.3 Å². The van der Waals surface area contributed by atoms with Gasteiger partial charge in [0.15, 0.2) is 11.2 Å². The number of aromatic nitrogens is 3. The number of Topliss-reactive ketones (excluding diaryl/α,β-unsaturated/α-hetero) is 1. The Morgan fingerprint density at radius 3 is 1.44 bits per heavy atom. The van der Waals surface area contributed by atoms with Gasteiger partial charge in [-0.25, -0.2) is 4.98 Å². The summed E-state index contributed by atoms with van der Waals surface area (Å²) in [6.07, 6.45) is 13.0. The van der Waals surface area contributed by atoms with Crippen molar-refractivity contribution < 1.29 is 33.9 Å². The fourth-order valence-electron chi connectivity index (χ4n) is 2.41. The molecule has 0 aliphatic heterocycles. The Morgan fingerprint density at radius 2 is 1.20 bits per heavy atom. The van der Waals surface area contributed by atoms with E-state index in [0.717, 1.165) is 4.60 Å². The Morgan fingerprint density at radius 1 is 0.820 bits per heavy atom. The maximum atomic E-state index is 10.3. The Hall–Kier alpha value is -1.90. The molecule has 0 saturated heterocycles. The first-order valence-electron chi connectivity index (χ1n) is 15.2. The molecule has 0 saturated carbocycles. The third-order valence-corrected chi connectivity index (χ3v) is 8.02. The zero-order valence-corrected chi connectivity index (χ0v) is 37.1.